The Morgan fingerprint density at radius 1 is 0.345 bits per heavy atom. The molecule has 0 heterocycles. The van der Waals surface area contributed by atoms with Gasteiger partial charge in [-0.3, -0.25) is 0 Å². The molecule has 1 fully saturated rings. The van der Waals surface area contributed by atoms with E-state index in [9.17, 15) is 0 Å². The molecule has 0 amide bonds. The normalized spacial score (nSPS) is 25.3. The van der Waals surface area contributed by atoms with Crippen molar-refractivity contribution in [3.8, 4) is 0 Å². The quantitative estimate of drug-likeness (QED) is 0.0432. The lowest BCUT2D eigenvalue weighted by atomic mass is 9.47. The predicted molar refractivity (Wildman–Crippen MR) is 247 cm³/mol. The van der Waals surface area contributed by atoms with Gasteiger partial charge in [0, 0.05) is 0 Å². The molecule has 0 aliphatic heterocycles. The second-order valence-corrected chi connectivity index (χ2v) is 18.8. The Morgan fingerprint density at radius 2 is 0.691 bits per heavy atom. The largest absolute Gasteiger partial charge is 0.330 e. The first-order chi connectivity index (χ1) is 27.2. The highest BCUT2D eigenvalue weighted by atomic mass is 14.6. The van der Waals surface area contributed by atoms with Crippen LogP contribution in [0.3, 0.4) is 0 Å². The van der Waals surface area contributed by atoms with E-state index in [1.807, 2.05) is 0 Å². The highest BCUT2D eigenvalue weighted by molar-refractivity contribution is 5.12. The predicted octanol–water partition coefficient (Wildman–Crippen LogP) is 15.3. The number of hydrogen-bond donors (Lipinski definition) is 3. The van der Waals surface area contributed by atoms with Crippen LogP contribution in [0.5, 0.6) is 0 Å². The van der Waals surface area contributed by atoms with E-state index in [1.54, 1.807) is 0 Å². The molecule has 0 spiro atoms. The molecule has 2 aliphatic carbocycles. The highest BCUT2D eigenvalue weighted by Crippen LogP contribution is 2.60. The van der Waals surface area contributed by atoms with Gasteiger partial charge in [-0.25, -0.2) is 0 Å². The van der Waals surface area contributed by atoms with E-state index in [4.69, 9.17) is 17.2 Å². The topological polar surface area (TPSA) is 78.1 Å². The maximum Gasteiger partial charge on any atom is -0.00773 e. The molecule has 0 radical (unpaired) electrons. The number of unbranched alkanes of at least 4 members (excludes halogenated alkanes) is 22. The minimum absolute atomic E-state index is 0.786. The van der Waals surface area contributed by atoms with Gasteiger partial charge >= 0.3 is 0 Å². The SMILES string of the molecule is CCCCC/C=C/CC1C(CCCCCCCN)C(CCCCCCCN)C2C(CCCCCCCN)C=CC(CCCCCCC)C2C1CCCCCC. The van der Waals surface area contributed by atoms with Crippen LogP contribution in [0.25, 0.3) is 0 Å². The van der Waals surface area contributed by atoms with Crippen LogP contribution in [-0.4, -0.2) is 19.6 Å². The zero-order valence-electron chi connectivity index (χ0n) is 37.8. The molecular formula is C52H101N3. The van der Waals surface area contributed by atoms with Gasteiger partial charge in [-0.15, -0.1) is 0 Å². The molecule has 8 atom stereocenters. The van der Waals surface area contributed by atoms with Gasteiger partial charge < -0.3 is 17.2 Å². The van der Waals surface area contributed by atoms with Crippen LogP contribution in [0.4, 0.5) is 0 Å². The number of hydrogen-bond acceptors (Lipinski definition) is 3. The average Bonchev–Trinajstić information content (AvgIpc) is 3.19. The maximum absolute atomic E-state index is 5.93. The molecule has 0 bridgehead atoms. The lowest BCUT2D eigenvalue weighted by Gasteiger charge is -2.58. The summed E-state index contributed by atoms with van der Waals surface area (Å²) in [6.45, 7) is 9.67. The van der Waals surface area contributed by atoms with E-state index in [1.165, 1.54) is 218 Å². The Labute approximate surface area is 346 Å². The van der Waals surface area contributed by atoms with Crippen molar-refractivity contribution >= 4 is 0 Å². The van der Waals surface area contributed by atoms with Crippen molar-refractivity contribution in [2.75, 3.05) is 19.6 Å². The van der Waals surface area contributed by atoms with Crippen LogP contribution in [-0.2, 0) is 0 Å². The number of allylic oxidation sites excluding steroid dienone is 4. The van der Waals surface area contributed by atoms with Crippen LogP contribution < -0.4 is 17.2 Å². The molecule has 3 heteroatoms. The molecule has 324 valence electrons. The van der Waals surface area contributed by atoms with Gasteiger partial charge in [0.05, 0.1) is 0 Å². The first kappa shape index (κ1) is 50.5. The second-order valence-electron chi connectivity index (χ2n) is 18.8. The van der Waals surface area contributed by atoms with Gasteiger partial charge in [-0.05, 0) is 138 Å². The van der Waals surface area contributed by atoms with Gasteiger partial charge in [0.25, 0.3) is 0 Å². The maximum atomic E-state index is 5.93. The molecule has 0 aromatic carbocycles. The molecule has 6 N–H and O–H groups in total. The van der Waals surface area contributed by atoms with Gasteiger partial charge in [0.15, 0.2) is 0 Å². The lowest BCUT2D eigenvalue weighted by Crippen LogP contribution is -2.52. The third kappa shape index (κ3) is 21.3. The van der Waals surface area contributed by atoms with Crippen LogP contribution in [0.15, 0.2) is 24.3 Å². The Hall–Kier alpha value is -0.640. The van der Waals surface area contributed by atoms with E-state index < -0.39 is 0 Å². The fraction of sp³-hybridized carbons (Fsp3) is 0.923. The van der Waals surface area contributed by atoms with Gasteiger partial charge in [-0.2, -0.15) is 0 Å². The fourth-order valence-corrected chi connectivity index (χ4v) is 11.5. The van der Waals surface area contributed by atoms with Gasteiger partial charge in [-0.1, -0.05) is 193 Å². The summed E-state index contributed by atoms with van der Waals surface area (Å²) >= 11 is 0. The Balaban J connectivity index is 2.56. The smallest absolute Gasteiger partial charge is 0.00773 e. The summed E-state index contributed by atoms with van der Waals surface area (Å²) in [5.74, 6) is 6.90. The number of rotatable bonds is 38. The summed E-state index contributed by atoms with van der Waals surface area (Å²) in [4.78, 5) is 0. The third-order valence-corrected chi connectivity index (χ3v) is 14.5. The molecule has 8 unspecified atom stereocenters. The van der Waals surface area contributed by atoms with Crippen LogP contribution in [0, 0.1) is 47.3 Å². The summed E-state index contributed by atoms with van der Waals surface area (Å²) in [7, 11) is 0. The zero-order chi connectivity index (χ0) is 39.6. The minimum atomic E-state index is 0.786. The molecule has 2 aliphatic rings. The highest BCUT2D eigenvalue weighted by Gasteiger charge is 2.53. The van der Waals surface area contributed by atoms with Crippen molar-refractivity contribution < 1.29 is 0 Å². The van der Waals surface area contributed by atoms with Crippen molar-refractivity contribution in [3.05, 3.63) is 24.3 Å². The molecule has 55 heavy (non-hydrogen) atoms. The van der Waals surface area contributed by atoms with Crippen molar-refractivity contribution in [1.82, 2.24) is 0 Å². The van der Waals surface area contributed by atoms with E-state index in [0.29, 0.717) is 0 Å². The minimum Gasteiger partial charge on any atom is -0.330 e. The summed E-state index contributed by atoms with van der Waals surface area (Å²) < 4.78 is 0. The van der Waals surface area contributed by atoms with E-state index >= 15 is 0 Å². The Kier molecular flexibility index (Phi) is 32.4. The molecule has 0 aromatic heterocycles. The third-order valence-electron chi connectivity index (χ3n) is 14.5. The molecule has 3 nitrogen and oxygen atoms in total. The molecule has 2 rings (SSSR count). The molecule has 0 aromatic rings. The van der Waals surface area contributed by atoms with Gasteiger partial charge in [0.1, 0.15) is 0 Å². The van der Waals surface area contributed by atoms with Crippen molar-refractivity contribution in [2.45, 2.75) is 239 Å². The van der Waals surface area contributed by atoms with Gasteiger partial charge in [0.2, 0.25) is 0 Å². The van der Waals surface area contributed by atoms with Crippen LogP contribution in [0.2, 0.25) is 0 Å². The van der Waals surface area contributed by atoms with Crippen molar-refractivity contribution in [1.29, 1.82) is 0 Å². The summed E-state index contributed by atoms with van der Waals surface area (Å²) in [6.07, 6.45) is 57.9. The zero-order valence-corrected chi connectivity index (χ0v) is 37.8. The molecule has 0 saturated heterocycles. The van der Waals surface area contributed by atoms with Crippen molar-refractivity contribution in [3.63, 3.8) is 0 Å². The summed E-state index contributed by atoms with van der Waals surface area (Å²) in [5.41, 5.74) is 17.7. The average molecular weight is 768 g/mol. The molecular weight excluding hydrogens is 667 g/mol. The van der Waals surface area contributed by atoms with E-state index in [2.05, 4.69) is 45.1 Å². The van der Waals surface area contributed by atoms with Crippen LogP contribution >= 0.6 is 0 Å². The Bertz CT molecular complexity index is 882. The van der Waals surface area contributed by atoms with Crippen molar-refractivity contribution in [2.24, 2.45) is 64.5 Å². The Morgan fingerprint density at radius 3 is 1.15 bits per heavy atom. The molecule has 1 saturated carbocycles. The fourth-order valence-electron chi connectivity index (χ4n) is 11.5. The first-order valence-corrected chi connectivity index (χ1v) is 25.6. The second kappa shape index (κ2) is 35.3. The van der Waals surface area contributed by atoms with E-state index in [-0.39, 0.29) is 0 Å². The summed E-state index contributed by atoms with van der Waals surface area (Å²) in [6, 6.07) is 0. The monoisotopic (exact) mass is 768 g/mol. The summed E-state index contributed by atoms with van der Waals surface area (Å²) in [5, 5.41) is 0. The first-order valence-electron chi connectivity index (χ1n) is 25.6. The van der Waals surface area contributed by atoms with Crippen LogP contribution in [0.1, 0.15) is 239 Å². The lowest BCUT2D eigenvalue weighted by molar-refractivity contribution is -0.0764. The standard InChI is InChI=1S/C52H101N3/c1-4-7-10-13-19-28-36-47-48(37-29-20-15-23-32-43-54)50(39-30-21-16-24-33-44-55)52-46(35-26-18-14-22-31-42-53)41-40-45(34-25-17-11-8-5-2)51(52)49(47)38-27-12-9-6-3/h19,28,40-41,45-52H,4-18,20-27,29-39,42-44,53-55H2,1-3H3/b28-19+. The van der Waals surface area contributed by atoms with E-state index in [0.717, 1.165) is 67.0 Å². The number of fused-ring (bicyclic) bond motifs is 1. The number of nitrogens with two attached hydrogens (primary N) is 3.